The third-order valence-corrected chi connectivity index (χ3v) is 2.83. The maximum atomic E-state index is 11.9. The maximum Gasteiger partial charge on any atom is 0.321 e. The molecule has 1 aliphatic rings. The van der Waals surface area contributed by atoms with E-state index in [2.05, 4.69) is 0 Å². The molecular weight excluding hydrogens is 206 g/mol. The zero-order chi connectivity index (χ0) is 11.6. The van der Waals surface area contributed by atoms with Crippen LogP contribution in [0.15, 0.2) is 24.3 Å². The molecule has 1 aliphatic heterocycles. The second-order valence-corrected chi connectivity index (χ2v) is 3.92. The van der Waals surface area contributed by atoms with Gasteiger partial charge in [-0.05, 0) is 24.6 Å². The molecule has 1 aromatic carbocycles. The largest absolute Gasteiger partial charge is 0.465 e. The molecule has 86 valence electrons. The summed E-state index contributed by atoms with van der Waals surface area (Å²) in [6.45, 7) is 2.95. The first kappa shape index (κ1) is 11.0. The van der Waals surface area contributed by atoms with Crippen LogP contribution in [-0.2, 0) is 19.7 Å². The third kappa shape index (κ3) is 1.65. The number of hydrogen-bond donors (Lipinski definition) is 1. The predicted molar refractivity (Wildman–Crippen MR) is 60.0 cm³/mol. The lowest BCUT2D eigenvalue weighted by Crippen LogP contribution is -2.53. The number of hydrogen-bond acceptors (Lipinski definition) is 4. The number of rotatable bonds is 3. The summed E-state index contributed by atoms with van der Waals surface area (Å²) >= 11 is 0. The van der Waals surface area contributed by atoms with Crippen LogP contribution in [0.3, 0.4) is 0 Å². The second-order valence-electron chi connectivity index (χ2n) is 3.92. The minimum absolute atomic E-state index is 0.217. The van der Waals surface area contributed by atoms with Gasteiger partial charge in [0, 0.05) is 5.69 Å². The highest BCUT2D eigenvalue weighted by Gasteiger charge is 2.48. The molecule has 16 heavy (non-hydrogen) atoms. The molecular formula is C12H15NO3. The molecule has 0 unspecified atom stereocenters. The number of benzene rings is 1. The van der Waals surface area contributed by atoms with Crippen molar-refractivity contribution in [1.29, 1.82) is 0 Å². The Kier molecular flexibility index (Phi) is 2.83. The van der Waals surface area contributed by atoms with Gasteiger partial charge in [-0.3, -0.25) is 4.79 Å². The molecule has 0 amide bonds. The smallest absolute Gasteiger partial charge is 0.321 e. The average Bonchev–Trinajstić information content (AvgIpc) is 2.19. The normalized spacial score (nSPS) is 17.6. The molecule has 4 nitrogen and oxygen atoms in total. The first-order chi connectivity index (χ1) is 7.69. The topological polar surface area (TPSA) is 61.5 Å². The van der Waals surface area contributed by atoms with E-state index in [1.807, 2.05) is 12.1 Å². The zero-order valence-corrected chi connectivity index (χ0v) is 9.23. The van der Waals surface area contributed by atoms with Gasteiger partial charge in [-0.25, -0.2) is 0 Å². The number of carbonyl (C=O) groups excluding carboxylic acids is 1. The lowest BCUT2D eigenvalue weighted by Gasteiger charge is -2.39. The van der Waals surface area contributed by atoms with E-state index in [1.54, 1.807) is 19.1 Å². The Morgan fingerprint density at radius 1 is 1.44 bits per heavy atom. The summed E-state index contributed by atoms with van der Waals surface area (Å²) in [4.78, 5) is 11.9. The van der Waals surface area contributed by atoms with Gasteiger partial charge in [0.15, 0.2) is 0 Å². The lowest BCUT2D eigenvalue weighted by atomic mass is 9.78. The molecule has 0 bridgehead atoms. The minimum Gasteiger partial charge on any atom is -0.465 e. The van der Waals surface area contributed by atoms with E-state index in [-0.39, 0.29) is 5.97 Å². The Morgan fingerprint density at radius 3 is 2.50 bits per heavy atom. The van der Waals surface area contributed by atoms with Crippen molar-refractivity contribution in [1.82, 2.24) is 0 Å². The highest BCUT2D eigenvalue weighted by Crippen LogP contribution is 2.34. The van der Waals surface area contributed by atoms with Gasteiger partial charge in [-0.2, -0.15) is 0 Å². The Balaban J connectivity index is 2.27. The van der Waals surface area contributed by atoms with Gasteiger partial charge >= 0.3 is 5.97 Å². The Bertz CT molecular complexity index is 382. The van der Waals surface area contributed by atoms with Crippen molar-refractivity contribution in [2.24, 2.45) is 0 Å². The van der Waals surface area contributed by atoms with Gasteiger partial charge in [-0.15, -0.1) is 0 Å². The van der Waals surface area contributed by atoms with E-state index in [0.29, 0.717) is 25.5 Å². The van der Waals surface area contributed by atoms with Gasteiger partial charge in [0.2, 0.25) is 0 Å². The van der Waals surface area contributed by atoms with Crippen LogP contribution in [-0.4, -0.2) is 25.8 Å². The zero-order valence-electron chi connectivity index (χ0n) is 9.23. The Morgan fingerprint density at radius 2 is 2.06 bits per heavy atom. The van der Waals surface area contributed by atoms with E-state index in [9.17, 15) is 4.79 Å². The molecule has 1 heterocycles. The van der Waals surface area contributed by atoms with E-state index < -0.39 is 5.41 Å². The fraction of sp³-hybridized carbons (Fsp3) is 0.417. The molecule has 0 spiro atoms. The van der Waals surface area contributed by atoms with Gasteiger partial charge in [0.05, 0.1) is 19.8 Å². The number of esters is 1. The van der Waals surface area contributed by atoms with Gasteiger partial charge in [-0.1, -0.05) is 12.1 Å². The number of nitrogen functional groups attached to an aromatic ring is 1. The van der Waals surface area contributed by atoms with Crippen LogP contribution in [0.4, 0.5) is 5.69 Å². The van der Waals surface area contributed by atoms with Crippen molar-refractivity contribution in [2.45, 2.75) is 12.3 Å². The van der Waals surface area contributed by atoms with E-state index in [0.717, 1.165) is 5.56 Å². The third-order valence-electron chi connectivity index (χ3n) is 2.83. The SMILES string of the molecule is CCOC(=O)C1(c2ccc(N)cc2)COC1. The van der Waals surface area contributed by atoms with Crippen molar-refractivity contribution >= 4 is 11.7 Å². The maximum absolute atomic E-state index is 11.9. The molecule has 2 N–H and O–H groups in total. The summed E-state index contributed by atoms with van der Waals surface area (Å²) in [7, 11) is 0. The van der Waals surface area contributed by atoms with Crippen molar-refractivity contribution in [3.8, 4) is 0 Å². The van der Waals surface area contributed by atoms with Crippen molar-refractivity contribution in [2.75, 3.05) is 25.6 Å². The highest BCUT2D eigenvalue weighted by molar-refractivity contribution is 5.84. The molecule has 1 aromatic rings. The summed E-state index contributed by atoms with van der Waals surface area (Å²) in [5, 5.41) is 0. The van der Waals surface area contributed by atoms with Crippen molar-refractivity contribution < 1.29 is 14.3 Å². The molecule has 1 saturated heterocycles. The molecule has 0 aromatic heterocycles. The van der Waals surface area contributed by atoms with Crippen LogP contribution in [0.2, 0.25) is 0 Å². The van der Waals surface area contributed by atoms with Crippen LogP contribution in [0, 0.1) is 0 Å². The predicted octanol–water partition coefficient (Wildman–Crippen LogP) is 1.10. The van der Waals surface area contributed by atoms with E-state index in [1.165, 1.54) is 0 Å². The first-order valence-corrected chi connectivity index (χ1v) is 5.30. The van der Waals surface area contributed by atoms with Crippen LogP contribution in [0.1, 0.15) is 12.5 Å². The molecule has 0 radical (unpaired) electrons. The summed E-state index contributed by atoms with van der Waals surface area (Å²) in [6, 6.07) is 7.28. The van der Waals surface area contributed by atoms with Gasteiger partial charge in [0.25, 0.3) is 0 Å². The van der Waals surface area contributed by atoms with Crippen LogP contribution in [0.25, 0.3) is 0 Å². The fourth-order valence-corrected chi connectivity index (χ4v) is 1.78. The van der Waals surface area contributed by atoms with Gasteiger partial charge in [0.1, 0.15) is 5.41 Å². The first-order valence-electron chi connectivity index (χ1n) is 5.30. The van der Waals surface area contributed by atoms with Crippen molar-refractivity contribution in [3.63, 3.8) is 0 Å². The standard InChI is InChI=1S/C12H15NO3/c1-2-16-11(14)12(7-15-8-12)9-3-5-10(13)6-4-9/h3-6H,2,7-8,13H2,1H3. The summed E-state index contributed by atoms with van der Waals surface area (Å²) in [5.41, 5.74) is 6.59. The van der Waals surface area contributed by atoms with E-state index >= 15 is 0 Å². The lowest BCUT2D eigenvalue weighted by molar-refractivity contribution is -0.169. The molecule has 0 aliphatic carbocycles. The second kappa shape index (κ2) is 4.14. The minimum atomic E-state index is -0.621. The number of carbonyl (C=O) groups is 1. The molecule has 4 heteroatoms. The van der Waals surface area contributed by atoms with Crippen LogP contribution >= 0.6 is 0 Å². The summed E-state index contributed by atoms with van der Waals surface area (Å²) < 4.78 is 10.2. The Labute approximate surface area is 94.3 Å². The number of ether oxygens (including phenoxy) is 2. The summed E-state index contributed by atoms with van der Waals surface area (Å²) in [6.07, 6.45) is 0. The number of anilines is 1. The monoisotopic (exact) mass is 221 g/mol. The Hall–Kier alpha value is -1.55. The highest BCUT2D eigenvalue weighted by atomic mass is 16.6. The quantitative estimate of drug-likeness (QED) is 0.613. The van der Waals surface area contributed by atoms with Crippen molar-refractivity contribution in [3.05, 3.63) is 29.8 Å². The average molecular weight is 221 g/mol. The summed E-state index contributed by atoms with van der Waals surface area (Å²) in [5.74, 6) is -0.217. The molecule has 2 rings (SSSR count). The fourth-order valence-electron chi connectivity index (χ4n) is 1.78. The molecule has 0 saturated carbocycles. The van der Waals surface area contributed by atoms with Gasteiger partial charge < -0.3 is 15.2 Å². The molecule has 0 atom stereocenters. The van der Waals surface area contributed by atoms with Crippen LogP contribution < -0.4 is 5.73 Å². The van der Waals surface area contributed by atoms with Crippen LogP contribution in [0.5, 0.6) is 0 Å². The van der Waals surface area contributed by atoms with E-state index in [4.69, 9.17) is 15.2 Å². The molecule has 1 fully saturated rings. The number of nitrogens with two attached hydrogens (primary N) is 1.